The molecular formula is C15H17NO3. The highest BCUT2D eigenvalue weighted by Crippen LogP contribution is 2.28. The Hall–Kier alpha value is -2.07. The summed E-state index contributed by atoms with van der Waals surface area (Å²) in [5.41, 5.74) is 1.05. The molecule has 2 aromatic rings. The van der Waals surface area contributed by atoms with E-state index in [2.05, 4.69) is 4.98 Å². The average molecular weight is 259 g/mol. The number of carbonyl (C=O) groups is 1. The van der Waals surface area contributed by atoms with E-state index in [1.165, 1.54) is 0 Å². The molecule has 1 aromatic heterocycles. The van der Waals surface area contributed by atoms with Gasteiger partial charge in [-0.3, -0.25) is 4.79 Å². The average Bonchev–Trinajstić information content (AvgIpc) is 2.91. The fourth-order valence-electron chi connectivity index (χ4n) is 1.91. The van der Waals surface area contributed by atoms with Crippen LogP contribution in [-0.4, -0.2) is 21.2 Å². The Labute approximate surface area is 111 Å². The van der Waals surface area contributed by atoms with Crippen molar-refractivity contribution < 1.29 is 15.0 Å². The first-order valence-corrected chi connectivity index (χ1v) is 6.08. The van der Waals surface area contributed by atoms with Gasteiger partial charge in [0.2, 0.25) is 0 Å². The lowest BCUT2D eigenvalue weighted by Crippen LogP contribution is -2.28. The molecular weight excluding hydrogens is 242 g/mol. The van der Waals surface area contributed by atoms with Gasteiger partial charge >= 0.3 is 5.97 Å². The number of rotatable bonds is 4. The van der Waals surface area contributed by atoms with Crippen LogP contribution in [0.2, 0.25) is 0 Å². The maximum absolute atomic E-state index is 11.3. The minimum Gasteiger partial charge on any atom is -0.481 e. The van der Waals surface area contributed by atoms with Crippen molar-refractivity contribution in [3.8, 4) is 0 Å². The molecule has 2 rings (SSSR count). The summed E-state index contributed by atoms with van der Waals surface area (Å²) >= 11 is 0. The summed E-state index contributed by atoms with van der Waals surface area (Å²) in [6, 6.07) is 10.6. The van der Waals surface area contributed by atoms with Crippen molar-refractivity contribution in [2.24, 2.45) is 0 Å². The number of benzene rings is 1. The van der Waals surface area contributed by atoms with Gasteiger partial charge in [-0.05, 0) is 37.1 Å². The molecule has 0 aliphatic carbocycles. The number of aliphatic carboxylic acids is 1. The van der Waals surface area contributed by atoms with E-state index in [0.29, 0.717) is 16.8 Å². The molecule has 1 unspecified atom stereocenters. The molecule has 0 saturated heterocycles. The van der Waals surface area contributed by atoms with Crippen LogP contribution in [-0.2, 0) is 10.2 Å². The topological polar surface area (TPSA) is 73.3 Å². The number of hydrogen-bond acceptors (Lipinski definition) is 2. The molecule has 19 heavy (non-hydrogen) atoms. The fourth-order valence-corrected chi connectivity index (χ4v) is 1.91. The summed E-state index contributed by atoms with van der Waals surface area (Å²) in [6.45, 7) is 3.30. The van der Waals surface area contributed by atoms with Crippen LogP contribution in [0.1, 0.15) is 36.8 Å². The Morgan fingerprint density at radius 3 is 2.58 bits per heavy atom. The number of aliphatic hydroxyl groups is 1. The molecule has 0 bridgehead atoms. The third kappa shape index (κ3) is 2.53. The summed E-state index contributed by atoms with van der Waals surface area (Å²) in [5.74, 6) is -0.890. The highest BCUT2D eigenvalue weighted by Gasteiger charge is 2.29. The number of aromatic amines is 1. The summed E-state index contributed by atoms with van der Waals surface area (Å²) in [6.07, 6.45) is 0.961. The maximum Gasteiger partial charge on any atom is 0.313 e. The van der Waals surface area contributed by atoms with Crippen LogP contribution in [0.4, 0.5) is 0 Å². The van der Waals surface area contributed by atoms with Gasteiger partial charge in [0.05, 0.1) is 5.41 Å². The van der Waals surface area contributed by atoms with Gasteiger partial charge < -0.3 is 15.2 Å². The van der Waals surface area contributed by atoms with Crippen LogP contribution in [0.25, 0.3) is 0 Å². The molecule has 0 amide bonds. The summed E-state index contributed by atoms with van der Waals surface area (Å²) in [5, 5.41) is 19.5. The van der Waals surface area contributed by atoms with Gasteiger partial charge in [-0.2, -0.15) is 0 Å². The van der Waals surface area contributed by atoms with E-state index in [4.69, 9.17) is 0 Å². The van der Waals surface area contributed by atoms with Gasteiger partial charge in [0.1, 0.15) is 6.10 Å². The zero-order valence-corrected chi connectivity index (χ0v) is 10.9. The molecule has 1 heterocycles. The monoisotopic (exact) mass is 259 g/mol. The number of H-pyrrole nitrogens is 1. The minimum absolute atomic E-state index is 0.670. The first kappa shape index (κ1) is 13.4. The third-order valence-electron chi connectivity index (χ3n) is 3.38. The normalized spacial score (nSPS) is 13.2. The van der Waals surface area contributed by atoms with Crippen molar-refractivity contribution in [1.29, 1.82) is 0 Å². The van der Waals surface area contributed by atoms with E-state index in [1.54, 1.807) is 50.4 Å². The Morgan fingerprint density at radius 2 is 2.00 bits per heavy atom. The molecule has 1 atom stereocenters. The number of aliphatic hydroxyl groups excluding tert-OH is 1. The number of carboxylic acid groups (broad SMARTS) is 1. The second kappa shape index (κ2) is 4.90. The number of aromatic nitrogens is 1. The lowest BCUT2D eigenvalue weighted by Gasteiger charge is -2.21. The highest BCUT2D eigenvalue weighted by molar-refractivity contribution is 5.80. The second-order valence-corrected chi connectivity index (χ2v) is 5.08. The Bertz CT molecular complexity index is 573. The predicted molar refractivity (Wildman–Crippen MR) is 72.0 cm³/mol. The van der Waals surface area contributed by atoms with Crippen molar-refractivity contribution >= 4 is 5.97 Å². The van der Waals surface area contributed by atoms with E-state index < -0.39 is 17.5 Å². The first-order chi connectivity index (χ1) is 8.93. The van der Waals surface area contributed by atoms with Gasteiger partial charge in [-0.25, -0.2) is 0 Å². The lowest BCUT2D eigenvalue weighted by molar-refractivity contribution is -0.142. The molecule has 1 aromatic carbocycles. The van der Waals surface area contributed by atoms with E-state index in [9.17, 15) is 15.0 Å². The molecule has 0 aliphatic rings. The number of nitrogens with one attached hydrogen (secondary N) is 1. The van der Waals surface area contributed by atoms with Crippen molar-refractivity contribution in [2.45, 2.75) is 25.4 Å². The third-order valence-corrected chi connectivity index (χ3v) is 3.38. The van der Waals surface area contributed by atoms with E-state index in [0.717, 1.165) is 0 Å². The zero-order chi connectivity index (χ0) is 14.0. The van der Waals surface area contributed by atoms with Crippen LogP contribution in [0.5, 0.6) is 0 Å². The Morgan fingerprint density at radius 1 is 1.26 bits per heavy atom. The number of hydrogen-bond donors (Lipinski definition) is 3. The van der Waals surface area contributed by atoms with Gasteiger partial charge in [-0.1, -0.05) is 24.3 Å². The van der Waals surface area contributed by atoms with Crippen LogP contribution in [0.3, 0.4) is 0 Å². The Kier molecular flexibility index (Phi) is 3.44. The van der Waals surface area contributed by atoms with Crippen LogP contribution < -0.4 is 0 Å². The van der Waals surface area contributed by atoms with Crippen LogP contribution in [0.15, 0.2) is 42.6 Å². The SMILES string of the molecule is CC(C)(C(=O)O)c1cccc(C(O)c2ccc[nH]2)c1. The van der Waals surface area contributed by atoms with Crippen LogP contribution >= 0.6 is 0 Å². The Balaban J connectivity index is 2.37. The molecule has 3 N–H and O–H groups in total. The van der Waals surface area contributed by atoms with Gasteiger partial charge in [-0.15, -0.1) is 0 Å². The second-order valence-electron chi connectivity index (χ2n) is 5.08. The highest BCUT2D eigenvalue weighted by atomic mass is 16.4. The largest absolute Gasteiger partial charge is 0.481 e. The van der Waals surface area contributed by atoms with Gasteiger partial charge in [0, 0.05) is 11.9 Å². The minimum atomic E-state index is -0.981. The summed E-state index contributed by atoms with van der Waals surface area (Å²) in [7, 11) is 0. The smallest absolute Gasteiger partial charge is 0.313 e. The van der Waals surface area contributed by atoms with Gasteiger partial charge in [0.15, 0.2) is 0 Å². The molecule has 0 saturated carbocycles. The van der Waals surface area contributed by atoms with E-state index in [1.807, 2.05) is 6.07 Å². The molecule has 4 nitrogen and oxygen atoms in total. The standard InChI is InChI=1S/C15H17NO3/c1-15(2,14(18)19)11-6-3-5-10(9-11)13(17)12-7-4-8-16-12/h3-9,13,16-17H,1-2H3,(H,18,19). The predicted octanol–water partition coefficient (Wildman–Crippen LogP) is 2.46. The molecule has 0 radical (unpaired) electrons. The van der Waals surface area contributed by atoms with Gasteiger partial charge in [0.25, 0.3) is 0 Å². The molecule has 0 fully saturated rings. The zero-order valence-electron chi connectivity index (χ0n) is 10.9. The van der Waals surface area contributed by atoms with Crippen molar-refractivity contribution in [1.82, 2.24) is 4.98 Å². The fraction of sp³-hybridized carbons (Fsp3) is 0.267. The van der Waals surface area contributed by atoms with Crippen molar-refractivity contribution in [3.05, 3.63) is 59.4 Å². The quantitative estimate of drug-likeness (QED) is 0.789. The molecule has 0 spiro atoms. The van der Waals surface area contributed by atoms with Crippen LogP contribution in [0, 0.1) is 0 Å². The molecule has 0 aliphatic heterocycles. The molecule has 4 heteroatoms. The van der Waals surface area contributed by atoms with E-state index in [-0.39, 0.29) is 0 Å². The number of carboxylic acids is 1. The first-order valence-electron chi connectivity index (χ1n) is 6.08. The molecule has 100 valence electrons. The summed E-state index contributed by atoms with van der Waals surface area (Å²) in [4.78, 5) is 14.2. The van der Waals surface area contributed by atoms with Crippen molar-refractivity contribution in [2.75, 3.05) is 0 Å². The van der Waals surface area contributed by atoms with E-state index >= 15 is 0 Å². The van der Waals surface area contributed by atoms with Crippen molar-refractivity contribution in [3.63, 3.8) is 0 Å². The lowest BCUT2D eigenvalue weighted by atomic mass is 9.83. The summed E-state index contributed by atoms with van der Waals surface area (Å²) < 4.78 is 0. The maximum atomic E-state index is 11.3.